The third-order valence-electron chi connectivity index (χ3n) is 1.63. The van der Waals surface area contributed by atoms with Gasteiger partial charge in [0, 0.05) is 5.38 Å². The fourth-order valence-electron chi connectivity index (χ4n) is 0.955. The zero-order chi connectivity index (χ0) is 10.7. The summed E-state index contributed by atoms with van der Waals surface area (Å²) in [5.41, 5.74) is 1.89. The van der Waals surface area contributed by atoms with Crippen LogP contribution in [-0.2, 0) is 0 Å². The number of carbonyl (C=O) groups is 1. The SMILES string of the molecule is O=C(Nc1ccc(F)cn1)c1cscn1. The van der Waals surface area contributed by atoms with Crippen LogP contribution in [0.3, 0.4) is 0 Å². The molecule has 0 saturated carbocycles. The summed E-state index contributed by atoms with van der Waals surface area (Å²) >= 11 is 1.33. The van der Waals surface area contributed by atoms with Crippen LogP contribution in [0, 0.1) is 5.82 Å². The van der Waals surface area contributed by atoms with E-state index in [-0.39, 0.29) is 5.91 Å². The van der Waals surface area contributed by atoms with Crippen LogP contribution in [0.25, 0.3) is 0 Å². The van der Waals surface area contributed by atoms with E-state index in [9.17, 15) is 9.18 Å². The zero-order valence-corrected chi connectivity index (χ0v) is 8.29. The van der Waals surface area contributed by atoms with E-state index in [1.54, 1.807) is 10.9 Å². The molecule has 0 aliphatic carbocycles. The number of hydrogen-bond donors (Lipinski definition) is 1. The summed E-state index contributed by atoms with van der Waals surface area (Å²) in [6.45, 7) is 0. The number of carbonyl (C=O) groups excluding carboxylic acids is 1. The molecule has 1 amide bonds. The second-order valence-corrected chi connectivity index (χ2v) is 3.41. The number of nitrogens with zero attached hydrogens (tertiary/aromatic N) is 2. The monoisotopic (exact) mass is 223 g/mol. The summed E-state index contributed by atoms with van der Waals surface area (Å²) in [5, 5.41) is 4.12. The summed E-state index contributed by atoms with van der Waals surface area (Å²) in [4.78, 5) is 19.0. The topological polar surface area (TPSA) is 54.9 Å². The van der Waals surface area contributed by atoms with Crippen molar-refractivity contribution < 1.29 is 9.18 Å². The van der Waals surface area contributed by atoms with E-state index in [4.69, 9.17) is 0 Å². The van der Waals surface area contributed by atoms with Gasteiger partial charge in [-0.15, -0.1) is 11.3 Å². The van der Waals surface area contributed by atoms with Gasteiger partial charge in [0.05, 0.1) is 11.7 Å². The van der Waals surface area contributed by atoms with Gasteiger partial charge in [0.25, 0.3) is 5.91 Å². The summed E-state index contributed by atoms with van der Waals surface area (Å²) < 4.78 is 12.5. The van der Waals surface area contributed by atoms with Crippen LogP contribution in [0.5, 0.6) is 0 Å². The minimum atomic E-state index is -0.443. The number of anilines is 1. The maximum absolute atomic E-state index is 12.5. The van der Waals surface area contributed by atoms with Crippen LogP contribution in [0.2, 0.25) is 0 Å². The van der Waals surface area contributed by atoms with Crippen LogP contribution in [0.1, 0.15) is 10.5 Å². The molecule has 1 N–H and O–H groups in total. The normalized spacial score (nSPS) is 9.93. The molecule has 6 heteroatoms. The number of nitrogens with one attached hydrogen (secondary N) is 1. The average Bonchev–Trinajstić information content (AvgIpc) is 2.74. The van der Waals surface area contributed by atoms with Crippen molar-refractivity contribution in [2.75, 3.05) is 5.32 Å². The molecule has 2 rings (SSSR count). The Kier molecular flexibility index (Phi) is 2.68. The van der Waals surface area contributed by atoms with E-state index in [0.29, 0.717) is 11.5 Å². The van der Waals surface area contributed by atoms with E-state index in [1.165, 1.54) is 23.5 Å². The van der Waals surface area contributed by atoms with Crippen molar-refractivity contribution in [1.29, 1.82) is 0 Å². The molecule has 0 aromatic carbocycles. The largest absolute Gasteiger partial charge is 0.305 e. The zero-order valence-electron chi connectivity index (χ0n) is 7.48. The minimum Gasteiger partial charge on any atom is -0.305 e. The Morgan fingerprint density at radius 3 is 2.87 bits per heavy atom. The van der Waals surface area contributed by atoms with Gasteiger partial charge in [0.2, 0.25) is 0 Å². The van der Waals surface area contributed by atoms with Crippen LogP contribution in [0.15, 0.2) is 29.2 Å². The highest BCUT2D eigenvalue weighted by Gasteiger charge is 2.07. The Morgan fingerprint density at radius 1 is 1.40 bits per heavy atom. The Balaban J connectivity index is 2.09. The van der Waals surface area contributed by atoms with Gasteiger partial charge in [-0.1, -0.05) is 0 Å². The first-order chi connectivity index (χ1) is 7.25. The van der Waals surface area contributed by atoms with E-state index in [2.05, 4.69) is 15.3 Å². The number of rotatable bonds is 2. The molecule has 2 heterocycles. The molecule has 0 aliphatic rings. The molecule has 76 valence electrons. The number of hydrogen-bond acceptors (Lipinski definition) is 4. The fourth-order valence-corrected chi connectivity index (χ4v) is 1.49. The smallest absolute Gasteiger partial charge is 0.276 e. The van der Waals surface area contributed by atoms with Crippen molar-refractivity contribution in [3.8, 4) is 0 Å². The molecule has 0 saturated heterocycles. The van der Waals surface area contributed by atoms with Gasteiger partial charge in [-0.2, -0.15) is 0 Å². The molecular formula is C9H6FN3OS. The first-order valence-corrected chi connectivity index (χ1v) is 5.01. The Morgan fingerprint density at radius 2 is 2.27 bits per heavy atom. The Hall–Kier alpha value is -1.82. The third-order valence-corrected chi connectivity index (χ3v) is 2.22. The van der Waals surface area contributed by atoms with E-state index >= 15 is 0 Å². The van der Waals surface area contributed by atoms with Gasteiger partial charge in [0.1, 0.15) is 17.3 Å². The number of pyridine rings is 1. The first-order valence-electron chi connectivity index (χ1n) is 4.07. The van der Waals surface area contributed by atoms with Crippen molar-refractivity contribution in [2.45, 2.75) is 0 Å². The Bertz CT molecular complexity index is 455. The van der Waals surface area contributed by atoms with Crippen molar-refractivity contribution in [3.63, 3.8) is 0 Å². The van der Waals surface area contributed by atoms with Gasteiger partial charge in [-0.05, 0) is 12.1 Å². The molecule has 0 atom stereocenters. The fraction of sp³-hybridized carbons (Fsp3) is 0. The number of amides is 1. The molecule has 0 unspecified atom stereocenters. The van der Waals surface area contributed by atoms with Gasteiger partial charge in [0.15, 0.2) is 0 Å². The number of aromatic nitrogens is 2. The molecule has 0 bridgehead atoms. The summed E-state index contributed by atoms with van der Waals surface area (Å²) in [6.07, 6.45) is 1.04. The highest BCUT2D eigenvalue weighted by molar-refractivity contribution is 7.07. The highest BCUT2D eigenvalue weighted by Crippen LogP contribution is 2.07. The maximum atomic E-state index is 12.5. The lowest BCUT2D eigenvalue weighted by Crippen LogP contribution is -2.13. The number of thiazole rings is 1. The summed E-state index contributed by atoms with van der Waals surface area (Å²) in [5.74, 6) is -0.494. The lowest BCUT2D eigenvalue weighted by molar-refractivity contribution is 0.102. The molecule has 2 aromatic rings. The van der Waals surface area contributed by atoms with Crippen molar-refractivity contribution in [3.05, 3.63) is 40.7 Å². The first kappa shape index (κ1) is 9.72. The second-order valence-electron chi connectivity index (χ2n) is 2.69. The molecule has 4 nitrogen and oxygen atoms in total. The molecule has 0 spiro atoms. The van der Waals surface area contributed by atoms with Gasteiger partial charge >= 0.3 is 0 Å². The third kappa shape index (κ3) is 2.35. The van der Waals surface area contributed by atoms with Gasteiger partial charge in [-0.25, -0.2) is 14.4 Å². The average molecular weight is 223 g/mol. The predicted molar refractivity (Wildman–Crippen MR) is 54.3 cm³/mol. The Labute approximate surface area is 88.8 Å². The standard InChI is InChI=1S/C9H6FN3OS/c10-6-1-2-8(11-3-6)13-9(14)7-4-15-5-12-7/h1-5H,(H,11,13,14). The highest BCUT2D eigenvalue weighted by atomic mass is 32.1. The minimum absolute atomic E-state index is 0.300. The lowest BCUT2D eigenvalue weighted by Gasteiger charge is -2.00. The quantitative estimate of drug-likeness (QED) is 0.846. The van der Waals surface area contributed by atoms with Gasteiger partial charge < -0.3 is 5.32 Å². The van der Waals surface area contributed by atoms with Crippen molar-refractivity contribution in [2.24, 2.45) is 0 Å². The van der Waals surface area contributed by atoms with Crippen molar-refractivity contribution >= 4 is 23.1 Å². The summed E-state index contributed by atoms with van der Waals surface area (Å²) in [7, 11) is 0. The molecule has 15 heavy (non-hydrogen) atoms. The molecule has 0 aliphatic heterocycles. The molecule has 2 aromatic heterocycles. The van der Waals surface area contributed by atoms with Crippen molar-refractivity contribution in [1.82, 2.24) is 9.97 Å². The molecular weight excluding hydrogens is 217 g/mol. The van der Waals surface area contributed by atoms with Crippen LogP contribution in [0.4, 0.5) is 10.2 Å². The molecule has 0 fully saturated rings. The van der Waals surface area contributed by atoms with Crippen LogP contribution >= 0.6 is 11.3 Å². The number of halogens is 1. The lowest BCUT2D eigenvalue weighted by atomic mass is 10.4. The predicted octanol–water partition coefficient (Wildman–Crippen LogP) is 1.93. The van der Waals surface area contributed by atoms with Crippen LogP contribution < -0.4 is 5.32 Å². The van der Waals surface area contributed by atoms with Crippen LogP contribution in [-0.4, -0.2) is 15.9 Å². The van der Waals surface area contributed by atoms with E-state index < -0.39 is 5.82 Å². The van der Waals surface area contributed by atoms with E-state index in [1.807, 2.05) is 0 Å². The second kappa shape index (κ2) is 4.14. The maximum Gasteiger partial charge on any atom is 0.276 e. The molecule has 0 radical (unpaired) electrons. The van der Waals surface area contributed by atoms with E-state index in [0.717, 1.165) is 6.20 Å². The van der Waals surface area contributed by atoms with Gasteiger partial charge in [-0.3, -0.25) is 4.79 Å². The summed E-state index contributed by atoms with van der Waals surface area (Å²) in [6, 6.07) is 2.61.